The summed E-state index contributed by atoms with van der Waals surface area (Å²) in [6.45, 7) is 9.27. The Hall–Kier alpha value is -0.730. The number of aliphatic carboxylic acids is 1. The normalized spacial score (nSPS) is 22.2. The highest BCUT2D eigenvalue weighted by atomic mass is 16.4. The summed E-state index contributed by atoms with van der Waals surface area (Å²) in [7, 11) is 0. The molecule has 0 amide bonds. The first-order valence-corrected chi connectivity index (χ1v) is 8.48. The molecule has 0 radical (unpaired) electrons. The van der Waals surface area contributed by atoms with Crippen LogP contribution in [0, 0.1) is 5.41 Å². The number of aliphatic hydroxyl groups excluding tert-OH is 2. The second-order valence-corrected chi connectivity index (χ2v) is 7.54. The second-order valence-electron chi connectivity index (χ2n) is 7.54. The number of carboxylic acids is 1. The van der Waals surface area contributed by atoms with E-state index in [2.05, 4.69) is 36.3 Å². The minimum atomic E-state index is -0.890. The standard InChI is InChI=1S/C16H33N3O4/c1-16(2,3)11-19-10-4-5-12(19)15(23)18-8-6-13(20)17-9-7-14(21)22/h12-13,15,17-18,20,23H,4-11H2,1-3H3,(H,21,22). The lowest BCUT2D eigenvalue weighted by Gasteiger charge is -2.34. The van der Waals surface area contributed by atoms with Gasteiger partial charge in [0.25, 0.3) is 0 Å². The predicted molar refractivity (Wildman–Crippen MR) is 88.9 cm³/mol. The Bertz CT molecular complexity index is 360. The molecule has 7 heteroatoms. The quantitative estimate of drug-likeness (QED) is 0.364. The molecule has 0 aromatic heterocycles. The third kappa shape index (κ3) is 8.62. The van der Waals surface area contributed by atoms with Crippen LogP contribution in [0.5, 0.6) is 0 Å². The van der Waals surface area contributed by atoms with Crippen molar-refractivity contribution in [3.05, 3.63) is 0 Å². The molecule has 7 nitrogen and oxygen atoms in total. The van der Waals surface area contributed by atoms with Gasteiger partial charge in [-0.3, -0.25) is 20.3 Å². The van der Waals surface area contributed by atoms with Crippen LogP contribution < -0.4 is 10.6 Å². The van der Waals surface area contributed by atoms with E-state index in [1.165, 1.54) is 0 Å². The third-order valence-electron chi connectivity index (χ3n) is 3.95. The molecule has 0 spiro atoms. The number of nitrogens with one attached hydrogen (secondary N) is 2. The molecule has 5 N–H and O–H groups in total. The van der Waals surface area contributed by atoms with Crippen molar-refractivity contribution in [2.75, 3.05) is 26.2 Å². The van der Waals surface area contributed by atoms with Crippen molar-refractivity contribution in [2.45, 2.75) is 65.0 Å². The van der Waals surface area contributed by atoms with Gasteiger partial charge in [0.15, 0.2) is 0 Å². The maximum absolute atomic E-state index is 10.4. The molecule has 1 rings (SSSR count). The summed E-state index contributed by atoms with van der Waals surface area (Å²) >= 11 is 0. The molecule has 136 valence electrons. The number of carbonyl (C=O) groups is 1. The molecule has 0 aliphatic carbocycles. The van der Waals surface area contributed by atoms with E-state index in [0.717, 1.165) is 25.9 Å². The number of hydrogen-bond acceptors (Lipinski definition) is 6. The molecule has 23 heavy (non-hydrogen) atoms. The summed E-state index contributed by atoms with van der Waals surface area (Å²) in [4.78, 5) is 12.7. The third-order valence-corrected chi connectivity index (χ3v) is 3.95. The van der Waals surface area contributed by atoms with Crippen molar-refractivity contribution in [1.29, 1.82) is 0 Å². The molecule has 0 bridgehead atoms. The van der Waals surface area contributed by atoms with E-state index in [4.69, 9.17) is 5.11 Å². The van der Waals surface area contributed by atoms with Crippen molar-refractivity contribution in [2.24, 2.45) is 5.41 Å². The monoisotopic (exact) mass is 331 g/mol. The fourth-order valence-corrected chi connectivity index (χ4v) is 2.97. The number of hydrogen-bond donors (Lipinski definition) is 5. The fraction of sp³-hybridized carbons (Fsp3) is 0.938. The van der Waals surface area contributed by atoms with Crippen LogP contribution in [0.4, 0.5) is 0 Å². The predicted octanol–water partition coefficient (Wildman–Crippen LogP) is 0.178. The number of likely N-dealkylation sites (tertiary alicyclic amines) is 1. The Morgan fingerprint density at radius 2 is 1.96 bits per heavy atom. The van der Waals surface area contributed by atoms with Gasteiger partial charge in [0.2, 0.25) is 0 Å². The largest absolute Gasteiger partial charge is 0.481 e. The molecule has 0 aromatic rings. The van der Waals surface area contributed by atoms with E-state index in [0.29, 0.717) is 13.0 Å². The van der Waals surface area contributed by atoms with Crippen molar-refractivity contribution >= 4 is 5.97 Å². The first-order valence-electron chi connectivity index (χ1n) is 8.48. The average molecular weight is 331 g/mol. The first-order chi connectivity index (χ1) is 10.7. The molecule has 1 heterocycles. The average Bonchev–Trinajstić information content (AvgIpc) is 2.84. The van der Waals surface area contributed by atoms with Gasteiger partial charge in [-0.1, -0.05) is 20.8 Å². The van der Waals surface area contributed by atoms with Crippen LogP contribution in [0.15, 0.2) is 0 Å². The van der Waals surface area contributed by atoms with Crippen LogP contribution in [0.1, 0.15) is 46.5 Å². The van der Waals surface area contributed by atoms with Crippen molar-refractivity contribution in [3.63, 3.8) is 0 Å². The minimum Gasteiger partial charge on any atom is -0.481 e. The van der Waals surface area contributed by atoms with Crippen LogP contribution in [-0.2, 0) is 4.79 Å². The van der Waals surface area contributed by atoms with Gasteiger partial charge in [0.05, 0.1) is 6.42 Å². The molecule has 1 fully saturated rings. The Labute approximate surface area is 139 Å². The lowest BCUT2D eigenvalue weighted by atomic mass is 9.95. The van der Waals surface area contributed by atoms with Gasteiger partial charge in [-0.05, 0) is 31.2 Å². The number of rotatable bonds is 10. The Kier molecular flexibility index (Phi) is 8.42. The molecule has 1 aliphatic rings. The Balaban J connectivity index is 2.24. The second kappa shape index (κ2) is 9.54. The molecule has 1 aliphatic heterocycles. The number of nitrogens with zero attached hydrogens (tertiary/aromatic N) is 1. The summed E-state index contributed by atoms with van der Waals surface area (Å²) < 4.78 is 0. The van der Waals surface area contributed by atoms with Crippen molar-refractivity contribution in [3.8, 4) is 0 Å². The van der Waals surface area contributed by atoms with E-state index < -0.39 is 18.4 Å². The summed E-state index contributed by atoms with van der Waals surface area (Å²) in [6.07, 6.45) is 1.11. The molecular weight excluding hydrogens is 298 g/mol. The molecule has 0 saturated carbocycles. The van der Waals surface area contributed by atoms with Gasteiger partial charge >= 0.3 is 5.97 Å². The van der Waals surface area contributed by atoms with Gasteiger partial charge < -0.3 is 15.3 Å². The van der Waals surface area contributed by atoms with E-state index in [-0.39, 0.29) is 24.4 Å². The number of carboxylic acid groups (broad SMARTS) is 1. The highest BCUT2D eigenvalue weighted by molar-refractivity contribution is 5.66. The fourth-order valence-electron chi connectivity index (χ4n) is 2.97. The summed E-state index contributed by atoms with van der Waals surface area (Å²) in [6, 6.07) is 0.117. The topological polar surface area (TPSA) is 105 Å². The lowest BCUT2D eigenvalue weighted by molar-refractivity contribution is -0.137. The van der Waals surface area contributed by atoms with Crippen molar-refractivity contribution < 1.29 is 20.1 Å². The van der Waals surface area contributed by atoms with Gasteiger partial charge in [0.1, 0.15) is 12.5 Å². The maximum Gasteiger partial charge on any atom is 0.304 e. The van der Waals surface area contributed by atoms with Crippen molar-refractivity contribution in [1.82, 2.24) is 15.5 Å². The minimum absolute atomic E-state index is 0.0169. The van der Waals surface area contributed by atoms with E-state index in [1.54, 1.807) is 0 Å². The Morgan fingerprint density at radius 3 is 2.57 bits per heavy atom. The zero-order chi connectivity index (χ0) is 17.5. The van der Waals surface area contributed by atoms with Crippen LogP contribution in [-0.4, -0.2) is 70.9 Å². The Morgan fingerprint density at radius 1 is 1.26 bits per heavy atom. The summed E-state index contributed by atoms with van der Waals surface area (Å²) in [5.41, 5.74) is 0.201. The zero-order valence-electron chi connectivity index (χ0n) is 14.6. The van der Waals surface area contributed by atoms with Crippen LogP contribution in [0.2, 0.25) is 0 Å². The summed E-state index contributed by atoms with van der Waals surface area (Å²) in [5, 5.41) is 34.4. The molecular formula is C16H33N3O4. The van der Waals surface area contributed by atoms with Gasteiger partial charge in [-0.15, -0.1) is 0 Å². The maximum atomic E-state index is 10.4. The van der Waals surface area contributed by atoms with E-state index >= 15 is 0 Å². The van der Waals surface area contributed by atoms with E-state index in [1.807, 2.05) is 0 Å². The first kappa shape index (κ1) is 20.3. The molecule has 3 unspecified atom stereocenters. The van der Waals surface area contributed by atoms with Crippen LogP contribution in [0.3, 0.4) is 0 Å². The van der Waals surface area contributed by atoms with Gasteiger partial charge in [-0.2, -0.15) is 0 Å². The molecule has 3 atom stereocenters. The van der Waals surface area contributed by atoms with Gasteiger partial charge in [0, 0.05) is 25.7 Å². The van der Waals surface area contributed by atoms with Gasteiger partial charge in [-0.25, -0.2) is 0 Å². The lowest BCUT2D eigenvalue weighted by Crippen LogP contribution is -2.49. The highest BCUT2D eigenvalue weighted by Crippen LogP contribution is 2.25. The highest BCUT2D eigenvalue weighted by Gasteiger charge is 2.32. The molecule has 1 saturated heterocycles. The van der Waals surface area contributed by atoms with Crippen LogP contribution >= 0.6 is 0 Å². The smallest absolute Gasteiger partial charge is 0.304 e. The van der Waals surface area contributed by atoms with Crippen LogP contribution in [0.25, 0.3) is 0 Å². The number of aliphatic hydroxyl groups is 2. The van der Waals surface area contributed by atoms with E-state index in [9.17, 15) is 15.0 Å². The summed E-state index contributed by atoms with van der Waals surface area (Å²) in [5.74, 6) is -0.890. The zero-order valence-corrected chi connectivity index (χ0v) is 14.6. The molecule has 0 aromatic carbocycles. The SMILES string of the molecule is CC(C)(C)CN1CCCC1C(O)NCCC(O)NCCC(=O)O.